The van der Waals surface area contributed by atoms with Crippen LogP contribution in [0.2, 0.25) is 0 Å². The number of hydrogen-bond donors (Lipinski definition) is 1. The minimum absolute atomic E-state index is 0.156. The van der Waals surface area contributed by atoms with Crippen LogP contribution >= 0.6 is 0 Å². The van der Waals surface area contributed by atoms with Crippen LogP contribution in [0.3, 0.4) is 0 Å². The lowest BCUT2D eigenvalue weighted by Crippen LogP contribution is -2.41. The van der Waals surface area contributed by atoms with E-state index < -0.39 is 0 Å². The van der Waals surface area contributed by atoms with Crippen LogP contribution in [0.15, 0.2) is 24.3 Å². The predicted molar refractivity (Wildman–Crippen MR) is 92.0 cm³/mol. The number of imide groups is 1. The second kappa shape index (κ2) is 7.90. The fourth-order valence-electron chi connectivity index (χ4n) is 3.93. The Morgan fingerprint density at radius 1 is 1.00 bits per heavy atom. The number of amides is 2. The van der Waals surface area contributed by atoms with E-state index in [1.165, 1.54) is 37.0 Å². The average molecular weight is 330 g/mol. The van der Waals surface area contributed by atoms with Gasteiger partial charge in [0.1, 0.15) is 0 Å². The van der Waals surface area contributed by atoms with E-state index in [-0.39, 0.29) is 18.4 Å². The number of carbonyl (C=O) groups excluding carboxylic acids is 2. The molecule has 1 heterocycles. The van der Waals surface area contributed by atoms with E-state index in [1.807, 2.05) is 0 Å². The van der Waals surface area contributed by atoms with Crippen LogP contribution in [0.25, 0.3) is 0 Å². The highest BCUT2D eigenvalue weighted by molar-refractivity contribution is 6.21. The van der Waals surface area contributed by atoms with Crippen molar-refractivity contribution in [1.29, 1.82) is 0 Å². The molecule has 3 rings (SSSR count). The van der Waals surface area contributed by atoms with Crippen LogP contribution < -0.4 is 0 Å². The zero-order chi connectivity index (χ0) is 16.9. The Morgan fingerprint density at radius 2 is 1.62 bits per heavy atom. The predicted octanol–water partition coefficient (Wildman–Crippen LogP) is 2.30. The SMILES string of the molecule is O=C1c2ccccc2C(=O)N1CCCN(CCO)C1CCCCC1. The van der Waals surface area contributed by atoms with Crippen molar-refractivity contribution >= 4 is 11.8 Å². The van der Waals surface area contributed by atoms with Crippen LogP contribution in [-0.4, -0.2) is 59.0 Å². The van der Waals surface area contributed by atoms with Gasteiger partial charge in [-0.25, -0.2) is 0 Å². The monoisotopic (exact) mass is 330 g/mol. The van der Waals surface area contributed by atoms with Gasteiger partial charge in [-0.15, -0.1) is 0 Å². The topological polar surface area (TPSA) is 60.9 Å². The number of aliphatic hydroxyl groups is 1. The minimum Gasteiger partial charge on any atom is -0.395 e. The van der Waals surface area contributed by atoms with Gasteiger partial charge in [0, 0.05) is 25.7 Å². The largest absolute Gasteiger partial charge is 0.395 e. The molecule has 0 radical (unpaired) electrons. The Morgan fingerprint density at radius 3 is 2.21 bits per heavy atom. The first-order valence-electron chi connectivity index (χ1n) is 9.02. The van der Waals surface area contributed by atoms with E-state index in [9.17, 15) is 14.7 Å². The Hall–Kier alpha value is -1.72. The Bertz CT molecular complexity index is 561. The smallest absolute Gasteiger partial charge is 0.261 e. The lowest BCUT2D eigenvalue weighted by atomic mass is 9.94. The molecule has 1 aromatic carbocycles. The third-order valence-electron chi connectivity index (χ3n) is 5.18. The van der Waals surface area contributed by atoms with Gasteiger partial charge in [0.05, 0.1) is 17.7 Å². The fraction of sp³-hybridized carbons (Fsp3) is 0.579. The summed E-state index contributed by atoms with van der Waals surface area (Å²) in [6.45, 7) is 2.09. The maximum Gasteiger partial charge on any atom is 0.261 e. The van der Waals surface area contributed by atoms with Crippen LogP contribution in [-0.2, 0) is 0 Å². The van der Waals surface area contributed by atoms with Crippen molar-refractivity contribution in [3.05, 3.63) is 35.4 Å². The Labute approximate surface area is 143 Å². The van der Waals surface area contributed by atoms with Crippen LogP contribution in [0.1, 0.15) is 59.2 Å². The van der Waals surface area contributed by atoms with E-state index in [1.54, 1.807) is 24.3 Å². The maximum absolute atomic E-state index is 12.4. The second-order valence-corrected chi connectivity index (χ2v) is 6.71. The third kappa shape index (κ3) is 3.52. The summed E-state index contributed by atoms with van der Waals surface area (Å²) in [5.41, 5.74) is 1.03. The summed E-state index contributed by atoms with van der Waals surface area (Å²) in [5.74, 6) is -0.357. The molecule has 1 aliphatic carbocycles. The summed E-state index contributed by atoms with van der Waals surface area (Å²) in [6, 6.07) is 7.55. The van der Waals surface area contributed by atoms with Gasteiger partial charge in [0.2, 0.25) is 0 Å². The summed E-state index contributed by atoms with van der Waals surface area (Å²) >= 11 is 0. The summed E-state index contributed by atoms with van der Waals surface area (Å²) in [5, 5.41) is 9.32. The van der Waals surface area contributed by atoms with Crippen molar-refractivity contribution in [1.82, 2.24) is 9.80 Å². The molecule has 0 atom stereocenters. The first-order chi connectivity index (χ1) is 11.7. The number of nitrogens with zero attached hydrogens (tertiary/aromatic N) is 2. The molecule has 2 amide bonds. The lowest BCUT2D eigenvalue weighted by molar-refractivity contribution is 0.0636. The van der Waals surface area contributed by atoms with Gasteiger partial charge in [-0.2, -0.15) is 0 Å². The van der Waals surface area contributed by atoms with E-state index in [0.717, 1.165) is 13.0 Å². The second-order valence-electron chi connectivity index (χ2n) is 6.71. The summed E-state index contributed by atoms with van der Waals surface area (Å²) in [6.07, 6.45) is 6.94. The highest BCUT2D eigenvalue weighted by atomic mass is 16.3. The third-order valence-corrected chi connectivity index (χ3v) is 5.18. The molecule has 1 aliphatic heterocycles. The molecule has 1 N–H and O–H groups in total. The quantitative estimate of drug-likeness (QED) is 0.779. The van der Waals surface area contributed by atoms with Gasteiger partial charge >= 0.3 is 0 Å². The molecular weight excluding hydrogens is 304 g/mol. The number of rotatable bonds is 7. The molecule has 5 heteroatoms. The fourth-order valence-corrected chi connectivity index (χ4v) is 3.93. The molecule has 1 fully saturated rings. The van der Waals surface area contributed by atoms with Crippen molar-refractivity contribution < 1.29 is 14.7 Å². The number of fused-ring (bicyclic) bond motifs is 1. The number of hydrogen-bond acceptors (Lipinski definition) is 4. The molecule has 130 valence electrons. The lowest BCUT2D eigenvalue weighted by Gasteiger charge is -2.34. The molecule has 24 heavy (non-hydrogen) atoms. The Balaban J connectivity index is 1.55. The van der Waals surface area contributed by atoms with E-state index >= 15 is 0 Å². The van der Waals surface area contributed by atoms with E-state index in [2.05, 4.69) is 4.90 Å². The molecule has 1 saturated carbocycles. The van der Waals surface area contributed by atoms with Crippen molar-refractivity contribution in [2.75, 3.05) is 26.2 Å². The Kier molecular flexibility index (Phi) is 5.63. The first kappa shape index (κ1) is 17.1. The molecular formula is C19H26N2O3. The van der Waals surface area contributed by atoms with E-state index in [4.69, 9.17) is 0 Å². The van der Waals surface area contributed by atoms with Gasteiger partial charge in [-0.05, 0) is 31.4 Å². The number of benzene rings is 1. The molecule has 0 bridgehead atoms. The normalized spacial score (nSPS) is 18.5. The summed E-state index contributed by atoms with van der Waals surface area (Å²) < 4.78 is 0. The van der Waals surface area contributed by atoms with Crippen molar-refractivity contribution in [3.63, 3.8) is 0 Å². The summed E-state index contributed by atoms with van der Waals surface area (Å²) in [7, 11) is 0. The van der Waals surface area contributed by atoms with Crippen molar-refractivity contribution in [2.45, 2.75) is 44.6 Å². The average Bonchev–Trinajstić information content (AvgIpc) is 2.87. The zero-order valence-corrected chi connectivity index (χ0v) is 14.1. The van der Waals surface area contributed by atoms with Crippen molar-refractivity contribution in [3.8, 4) is 0 Å². The zero-order valence-electron chi connectivity index (χ0n) is 14.1. The van der Waals surface area contributed by atoms with E-state index in [0.29, 0.717) is 30.3 Å². The van der Waals surface area contributed by atoms with Gasteiger partial charge in [-0.3, -0.25) is 19.4 Å². The van der Waals surface area contributed by atoms with Gasteiger partial charge in [0.15, 0.2) is 0 Å². The number of aliphatic hydroxyl groups excluding tert-OH is 1. The summed E-state index contributed by atoms with van der Waals surface area (Å²) in [4.78, 5) is 28.4. The van der Waals surface area contributed by atoms with Gasteiger partial charge in [0.25, 0.3) is 11.8 Å². The molecule has 2 aliphatic rings. The minimum atomic E-state index is -0.179. The maximum atomic E-state index is 12.4. The molecule has 5 nitrogen and oxygen atoms in total. The van der Waals surface area contributed by atoms with Crippen molar-refractivity contribution in [2.24, 2.45) is 0 Å². The van der Waals surface area contributed by atoms with Crippen LogP contribution in [0.4, 0.5) is 0 Å². The molecule has 1 aromatic rings. The highest BCUT2D eigenvalue weighted by Crippen LogP contribution is 2.24. The standard InChI is InChI=1S/C19H26N2O3/c22-14-13-20(15-7-2-1-3-8-15)11-6-12-21-18(23)16-9-4-5-10-17(16)19(21)24/h4-5,9-10,15,22H,1-3,6-8,11-14H2. The van der Waals surface area contributed by atoms with Crippen LogP contribution in [0, 0.1) is 0 Å². The van der Waals surface area contributed by atoms with Crippen LogP contribution in [0.5, 0.6) is 0 Å². The first-order valence-corrected chi connectivity index (χ1v) is 9.02. The molecule has 0 spiro atoms. The molecule has 0 saturated heterocycles. The highest BCUT2D eigenvalue weighted by Gasteiger charge is 2.34. The molecule has 0 unspecified atom stereocenters. The van der Waals surface area contributed by atoms with Gasteiger partial charge in [-0.1, -0.05) is 31.4 Å². The van der Waals surface area contributed by atoms with Gasteiger partial charge < -0.3 is 5.11 Å². The number of carbonyl (C=O) groups is 2. The molecule has 0 aromatic heterocycles.